The van der Waals surface area contributed by atoms with Crippen LogP contribution in [-0.4, -0.2) is 20.4 Å². The first-order valence-electron chi connectivity index (χ1n) is 7.95. The quantitative estimate of drug-likeness (QED) is 0.766. The third-order valence-corrected chi connectivity index (χ3v) is 5.19. The summed E-state index contributed by atoms with van der Waals surface area (Å²) >= 11 is 5.81. The molecule has 0 aliphatic heterocycles. The molecule has 25 heavy (non-hydrogen) atoms. The predicted octanol–water partition coefficient (Wildman–Crippen LogP) is 3.81. The van der Waals surface area contributed by atoms with Crippen molar-refractivity contribution >= 4 is 33.2 Å². The average Bonchev–Trinajstić information content (AvgIpc) is 2.56. The molecule has 1 amide bonds. The van der Waals surface area contributed by atoms with Crippen molar-refractivity contribution in [2.75, 3.05) is 4.72 Å². The Bertz CT molecular complexity index is 836. The Morgan fingerprint density at radius 2 is 1.76 bits per heavy atom. The predicted molar refractivity (Wildman–Crippen MR) is 101 cm³/mol. The van der Waals surface area contributed by atoms with Crippen LogP contribution in [0, 0.1) is 0 Å². The monoisotopic (exact) mass is 380 g/mol. The maximum Gasteiger partial charge on any atom is 0.253 e. The summed E-state index contributed by atoms with van der Waals surface area (Å²) in [6.45, 7) is 3.86. The molecule has 2 N–H and O–H groups in total. The Labute approximate surface area is 153 Å². The molecule has 2 aromatic carbocycles. The molecule has 134 valence electrons. The Morgan fingerprint density at radius 3 is 2.40 bits per heavy atom. The fraction of sp³-hybridized carbons (Fsp3) is 0.278. The number of amides is 1. The first-order valence-corrected chi connectivity index (χ1v) is 9.98. The van der Waals surface area contributed by atoms with Gasteiger partial charge in [0.25, 0.3) is 5.91 Å². The van der Waals surface area contributed by atoms with Gasteiger partial charge in [0, 0.05) is 11.1 Å². The van der Waals surface area contributed by atoms with Gasteiger partial charge < -0.3 is 5.32 Å². The van der Waals surface area contributed by atoms with Crippen LogP contribution in [0.3, 0.4) is 0 Å². The molecular formula is C18H21ClN2O3S. The lowest BCUT2D eigenvalue weighted by Crippen LogP contribution is -2.32. The van der Waals surface area contributed by atoms with Gasteiger partial charge in [-0.3, -0.25) is 9.52 Å². The van der Waals surface area contributed by atoms with Gasteiger partial charge in [0.1, 0.15) is 0 Å². The number of nitrogens with one attached hydrogen (secondary N) is 2. The van der Waals surface area contributed by atoms with Crippen molar-refractivity contribution in [2.45, 2.75) is 32.1 Å². The summed E-state index contributed by atoms with van der Waals surface area (Å²) in [5.74, 6) is -0.509. The second-order valence-corrected chi connectivity index (χ2v) is 7.97. The van der Waals surface area contributed by atoms with Gasteiger partial charge in [-0.25, -0.2) is 8.42 Å². The SMILES string of the molecule is CC[C@H](C)NC(=O)c1ccccc1NS(=O)(=O)Cc1ccc(Cl)cc1. The van der Waals surface area contributed by atoms with E-state index in [-0.39, 0.29) is 23.4 Å². The van der Waals surface area contributed by atoms with Crippen molar-refractivity contribution in [3.05, 3.63) is 64.7 Å². The highest BCUT2D eigenvalue weighted by Crippen LogP contribution is 2.19. The molecule has 2 rings (SSSR count). The van der Waals surface area contributed by atoms with Gasteiger partial charge in [-0.1, -0.05) is 42.8 Å². The first-order chi connectivity index (χ1) is 11.8. The highest BCUT2D eigenvalue weighted by atomic mass is 35.5. The largest absolute Gasteiger partial charge is 0.350 e. The molecule has 0 radical (unpaired) electrons. The highest BCUT2D eigenvalue weighted by molar-refractivity contribution is 7.91. The average molecular weight is 381 g/mol. The van der Waals surface area contributed by atoms with Gasteiger partial charge >= 0.3 is 0 Å². The maximum atomic E-state index is 12.4. The topological polar surface area (TPSA) is 75.3 Å². The third kappa shape index (κ3) is 5.76. The van der Waals surface area contributed by atoms with E-state index < -0.39 is 10.0 Å². The fourth-order valence-electron chi connectivity index (χ4n) is 2.18. The smallest absolute Gasteiger partial charge is 0.253 e. The molecule has 1 atom stereocenters. The summed E-state index contributed by atoms with van der Waals surface area (Å²) in [7, 11) is -3.66. The van der Waals surface area contributed by atoms with Gasteiger partial charge in [-0.2, -0.15) is 0 Å². The van der Waals surface area contributed by atoms with Gasteiger partial charge in [-0.05, 0) is 43.2 Å². The third-order valence-electron chi connectivity index (χ3n) is 3.70. The maximum absolute atomic E-state index is 12.4. The van der Waals surface area contributed by atoms with Crippen LogP contribution in [0.4, 0.5) is 5.69 Å². The molecule has 0 saturated heterocycles. The molecule has 0 spiro atoms. The van der Waals surface area contributed by atoms with Crippen LogP contribution in [0.1, 0.15) is 36.2 Å². The van der Waals surface area contributed by atoms with Crippen molar-refractivity contribution in [1.29, 1.82) is 0 Å². The molecule has 0 aliphatic carbocycles. The van der Waals surface area contributed by atoms with E-state index >= 15 is 0 Å². The van der Waals surface area contributed by atoms with Crippen molar-refractivity contribution < 1.29 is 13.2 Å². The van der Waals surface area contributed by atoms with Gasteiger partial charge in [0.05, 0.1) is 17.0 Å². The second-order valence-electron chi connectivity index (χ2n) is 5.82. The Hall–Kier alpha value is -2.05. The molecule has 5 nitrogen and oxygen atoms in total. The molecule has 0 unspecified atom stereocenters. The molecule has 0 heterocycles. The molecule has 0 bridgehead atoms. The highest BCUT2D eigenvalue weighted by Gasteiger charge is 2.18. The standard InChI is InChI=1S/C18H21ClN2O3S/c1-3-13(2)20-18(22)16-6-4-5-7-17(16)21-25(23,24)12-14-8-10-15(19)11-9-14/h4-11,13,21H,3,12H2,1-2H3,(H,20,22)/t13-/m0/s1. The van der Waals surface area contributed by atoms with Crippen LogP contribution < -0.4 is 10.0 Å². The van der Waals surface area contributed by atoms with Crippen molar-refractivity contribution in [2.24, 2.45) is 0 Å². The van der Waals surface area contributed by atoms with Gasteiger partial charge in [0.2, 0.25) is 10.0 Å². The minimum atomic E-state index is -3.66. The summed E-state index contributed by atoms with van der Waals surface area (Å²) < 4.78 is 27.4. The number of hydrogen-bond acceptors (Lipinski definition) is 3. The summed E-state index contributed by atoms with van der Waals surface area (Å²) in [5, 5.41) is 3.38. The van der Waals surface area contributed by atoms with Crippen LogP contribution in [-0.2, 0) is 15.8 Å². The van der Waals surface area contributed by atoms with Crippen LogP contribution in [0.5, 0.6) is 0 Å². The lowest BCUT2D eigenvalue weighted by Gasteiger charge is -2.15. The Balaban J connectivity index is 2.18. The van der Waals surface area contributed by atoms with Crippen LogP contribution >= 0.6 is 11.6 Å². The first kappa shape index (κ1) is 19.3. The molecule has 0 saturated carbocycles. The Morgan fingerprint density at radius 1 is 1.12 bits per heavy atom. The molecule has 0 aromatic heterocycles. The molecular weight excluding hydrogens is 360 g/mol. The van der Waals surface area contributed by atoms with Crippen LogP contribution in [0.15, 0.2) is 48.5 Å². The minimum absolute atomic E-state index is 0.00577. The minimum Gasteiger partial charge on any atom is -0.350 e. The number of carbonyl (C=O) groups is 1. The lowest BCUT2D eigenvalue weighted by atomic mass is 10.1. The van der Waals surface area contributed by atoms with E-state index in [1.165, 1.54) is 0 Å². The molecule has 2 aromatic rings. The van der Waals surface area contributed by atoms with E-state index in [0.717, 1.165) is 6.42 Å². The van der Waals surface area contributed by atoms with E-state index in [4.69, 9.17) is 11.6 Å². The van der Waals surface area contributed by atoms with E-state index in [1.54, 1.807) is 48.5 Å². The summed E-state index contributed by atoms with van der Waals surface area (Å²) in [6, 6.07) is 13.1. The zero-order valence-corrected chi connectivity index (χ0v) is 15.7. The van der Waals surface area contributed by atoms with E-state index in [1.807, 2.05) is 13.8 Å². The van der Waals surface area contributed by atoms with Crippen LogP contribution in [0.25, 0.3) is 0 Å². The van der Waals surface area contributed by atoms with Crippen molar-refractivity contribution in [1.82, 2.24) is 5.32 Å². The molecule has 0 aliphatic rings. The fourth-order valence-corrected chi connectivity index (χ4v) is 3.52. The van der Waals surface area contributed by atoms with E-state index in [0.29, 0.717) is 16.1 Å². The van der Waals surface area contributed by atoms with E-state index in [2.05, 4.69) is 10.0 Å². The number of halogens is 1. The summed E-state index contributed by atoms with van der Waals surface area (Å²) in [5.41, 5.74) is 1.16. The second kappa shape index (κ2) is 8.36. The molecule has 0 fully saturated rings. The van der Waals surface area contributed by atoms with Crippen molar-refractivity contribution in [3.8, 4) is 0 Å². The lowest BCUT2D eigenvalue weighted by molar-refractivity contribution is 0.0940. The Kier molecular flexibility index (Phi) is 6.45. The number of benzene rings is 2. The van der Waals surface area contributed by atoms with Crippen LogP contribution in [0.2, 0.25) is 5.02 Å². The number of carbonyl (C=O) groups excluding carboxylic acids is 1. The van der Waals surface area contributed by atoms with Crippen molar-refractivity contribution in [3.63, 3.8) is 0 Å². The summed E-state index contributed by atoms with van der Waals surface area (Å²) in [4.78, 5) is 12.4. The number of rotatable bonds is 7. The van der Waals surface area contributed by atoms with Gasteiger partial charge in [-0.15, -0.1) is 0 Å². The molecule has 7 heteroatoms. The summed E-state index contributed by atoms with van der Waals surface area (Å²) in [6.07, 6.45) is 0.788. The number of para-hydroxylation sites is 1. The number of anilines is 1. The zero-order valence-electron chi connectivity index (χ0n) is 14.1. The van der Waals surface area contributed by atoms with Gasteiger partial charge in [0.15, 0.2) is 0 Å². The van der Waals surface area contributed by atoms with E-state index in [9.17, 15) is 13.2 Å². The number of sulfonamides is 1. The normalized spacial score (nSPS) is 12.4. The number of hydrogen-bond donors (Lipinski definition) is 2. The zero-order chi connectivity index (χ0) is 18.4.